The van der Waals surface area contributed by atoms with Gasteiger partial charge in [-0.1, -0.05) is 78.3 Å². The highest BCUT2D eigenvalue weighted by atomic mass is 17.2. The van der Waals surface area contributed by atoms with Crippen LogP contribution in [0.1, 0.15) is 106 Å². The van der Waals surface area contributed by atoms with E-state index in [1.807, 2.05) is 52.8 Å². The number of aliphatic hydroxyl groups is 1. The summed E-state index contributed by atoms with van der Waals surface area (Å²) in [7, 11) is 0. The first-order valence-electron chi connectivity index (χ1n) is 19.7. The van der Waals surface area contributed by atoms with Crippen LogP contribution in [0.3, 0.4) is 0 Å². The Balaban J connectivity index is 2.47. The number of para-hydroxylation sites is 1. The summed E-state index contributed by atoms with van der Waals surface area (Å²) < 4.78 is 11.5. The van der Waals surface area contributed by atoms with Crippen LogP contribution < -0.4 is 4.90 Å². The lowest BCUT2D eigenvalue weighted by molar-refractivity contribution is -0.285. The molecule has 0 bridgehead atoms. The van der Waals surface area contributed by atoms with Gasteiger partial charge in [-0.25, -0.2) is 14.7 Å². The highest BCUT2D eigenvalue weighted by Crippen LogP contribution is 2.47. The Kier molecular flexibility index (Phi) is 19.5. The lowest BCUT2D eigenvalue weighted by Crippen LogP contribution is -2.49. The predicted molar refractivity (Wildman–Crippen MR) is 212 cm³/mol. The molecule has 15 heteroatoms. The second-order valence-electron chi connectivity index (χ2n) is 16.0. The summed E-state index contributed by atoms with van der Waals surface area (Å²) in [5.41, 5.74) is -0.753. The zero-order chi connectivity index (χ0) is 43.0. The molecule has 1 fully saturated rings. The van der Waals surface area contributed by atoms with E-state index in [-0.39, 0.29) is 52.2 Å². The van der Waals surface area contributed by atoms with Crippen LogP contribution in [0.15, 0.2) is 35.3 Å². The molecule has 0 radical (unpaired) electrons. The molecule has 5 unspecified atom stereocenters. The number of benzene rings is 1. The highest BCUT2D eigenvalue weighted by Gasteiger charge is 2.58. The number of carboxylic acid groups (broad SMARTS) is 1. The number of carbonyl (C=O) groups is 5. The maximum atomic E-state index is 14.6. The molecule has 2 N–H and O–H groups in total. The molecule has 1 aliphatic heterocycles. The molecular weight excluding hydrogens is 740 g/mol. The van der Waals surface area contributed by atoms with E-state index in [1.54, 1.807) is 20.8 Å². The molecule has 2 rings (SSSR count). The highest BCUT2D eigenvalue weighted by molar-refractivity contribution is 6.23. The number of amides is 2. The maximum Gasteiger partial charge on any atom is 0.311 e. The third kappa shape index (κ3) is 14.0. The number of nitrogens with zero attached hydrogens (tertiary/aromatic N) is 2. The average Bonchev–Trinajstić information content (AvgIpc) is 3.37. The van der Waals surface area contributed by atoms with E-state index in [1.165, 1.54) is 6.92 Å². The van der Waals surface area contributed by atoms with Crippen molar-refractivity contribution in [3.8, 4) is 0 Å². The number of carbonyl (C=O) groups excluding carboxylic acids is 4. The second kappa shape index (κ2) is 22.7. The summed E-state index contributed by atoms with van der Waals surface area (Å²) in [4.78, 5) is 94.0. The Hall–Kier alpha value is -4.18. The Morgan fingerprint density at radius 3 is 2.18 bits per heavy atom. The fourth-order valence-corrected chi connectivity index (χ4v) is 7.44. The number of hydrogen-bond acceptors (Lipinski definition) is 13. The molecular formula is C42H64N2O13. The van der Waals surface area contributed by atoms with Crippen LogP contribution in [0.5, 0.6) is 0 Å². The van der Waals surface area contributed by atoms with Crippen molar-refractivity contribution in [2.75, 3.05) is 44.5 Å². The lowest BCUT2D eigenvalue weighted by atomic mass is 9.66. The fraction of sp³-hybridized carbons (Fsp3) is 0.667. The summed E-state index contributed by atoms with van der Waals surface area (Å²) in [6.07, 6.45) is 2.00. The minimum Gasteiger partial charge on any atom is -0.481 e. The van der Waals surface area contributed by atoms with Gasteiger partial charge in [0.25, 0.3) is 0 Å². The topological polar surface area (TPSA) is 197 Å². The van der Waals surface area contributed by atoms with Crippen molar-refractivity contribution in [1.82, 2.24) is 0 Å². The molecule has 0 spiro atoms. The van der Waals surface area contributed by atoms with E-state index in [2.05, 4.69) is 11.6 Å². The number of hydrogen-bond donors (Lipinski definition) is 2. The Bertz CT molecular complexity index is 1550. The molecule has 1 aromatic rings. The van der Waals surface area contributed by atoms with Gasteiger partial charge in [0.1, 0.15) is 32.0 Å². The third-order valence-corrected chi connectivity index (χ3v) is 10.4. The van der Waals surface area contributed by atoms with Crippen molar-refractivity contribution in [3.63, 3.8) is 0 Å². The van der Waals surface area contributed by atoms with Crippen LogP contribution in [0, 0.1) is 28.6 Å². The first kappa shape index (κ1) is 49.0. The van der Waals surface area contributed by atoms with Gasteiger partial charge < -0.3 is 24.6 Å². The van der Waals surface area contributed by atoms with E-state index >= 15 is 0 Å². The standard InChI is InChI=1S/C42H64N2O13/c1-11-30-15-14-16-31(12-2)35(30)44-36(47)29(6)34(37(44)48)42(10,57-33(46)17-20-53-56-27-43-18-21-54-55-25-28(4)5)24-32(38(49)50)23-41(9,26-40(7,8)13-3)39(51)52-22-19-45/h14-16,27,29,32,34,45H,4,11-13,17-26H2,1-3,5-10H3,(H,49,50). The molecule has 2 amide bonds. The molecule has 15 nitrogen and oxygen atoms in total. The predicted octanol–water partition coefficient (Wildman–Crippen LogP) is 5.98. The smallest absolute Gasteiger partial charge is 0.311 e. The van der Waals surface area contributed by atoms with Crippen molar-refractivity contribution >= 4 is 41.8 Å². The van der Waals surface area contributed by atoms with Crippen LogP contribution in [0.2, 0.25) is 0 Å². The van der Waals surface area contributed by atoms with Gasteiger partial charge in [-0.3, -0.25) is 29.0 Å². The molecule has 320 valence electrons. The maximum absolute atomic E-state index is 14.6. The summed E-state index contributed by atoms with van der Waals surface area (Å²) in [5.74, 6) is -7.56. The quantitative estimate of drug-likeness (QED) is 0.0154. The van der Waals surface area contributed by atoms with Crippen molar-refractivity contribution in [1.29, 1.82) is 0 Å². The van der Waals surface area contributed by atoms with Crippen molar-refractivity contribution in [3.05, 3.63) is 41.5 Å². The summed E-state index contributed by atoms with van der Waals surface area (Å²) in [6.45, 7) is 19.5. The van der Waals surface area contributed by atoms with Crippen LogP contribution in [-0.2, 0) is 65.8 Å². The van der Waals surface area contributed by atoms with Crippen molar-refractivity contribution < 1.29 is 63.2 Å². The number of esters is 2. The van der Waals surface area contributed by atoms with Crippen LogP contribution in [0.25, 0.3) is 0 Å². The van der Waals surface area contributed by atoms with Gasteiger partial charge in [0.2, 0.25) is 18.2 Å². The van der Waals surface area contributed by atoms with E-state index in [9.17, 15) is 34.2 Å². The van der Waals surface area contributed by atoms with Gasteiger partial charge in [-0.2, -0.15) is 4.89 Å². The number of aryl methyl sites for hydroxylation is 2. The number of aliphatic imine (C=N–C) groups is 1. The monoisotopic (exact) mass is 804 g/mol. The largest absolute Gasteiger partial charge is 0.481 e. The summed E-state index contributed by atoms with van der Waals surface area (Å²) in [6, 6.07) is 5.56. The third-order valence-electron chi connectivity index (χ3n) is 10.4. The minimum absolute atomic E-state index is 0.150. The number of aliphatic hydroxyl groups excluding tert-OH is 1. The van der Waals surface area contributed by atoms with Gasteiger partial charge in [0.05, 0.1) is 48.4 Å². The van der Waals surface area contributed by atoms with E-state index in [0.717, 1.165) is 28.0 Å². The molecule has 0 saturated carbocycles. The van der Waals surface area contributed by atoms with Gasteiger partial charge >= 0.3 is 17.9 Å². The molecule has 0 aromatic heterocycles. The Morgan fingerprint density at radius 2 is 1.61 bits per heavy atom. The second-order valence-corrected chi connectivity index (χ2v) is 16.0. The van der Waals surface area contributed by atoms with Gasteiger partial charge in [-0.05, 0) is 63.0 Å². The molecule has 1 saturated heterocycles. The van der Waals surface area contributed by atoms with E-state index in [0.29, 0.717) is 24.9 Å². The molecule has 1 heterocycles. The normalized spacial score (nSPS) is 18.6. The van der Waals surface area contributed by atoms with Crippen LogP contribution in [-0.4, -0.2) is 91.5 Å². The average molecular weight is 805 g/mol. The number of aliphatic carboxylic acids is 1. The van der Waals surface area contributed by atoms with Gasteiger partial charge in [0.15, 0.2) is 0 Å². The number of imide groups is 1. The summed E-state index contributed by atoms with van der Waals surface area (Å²) >= 11 is 0. The number of ether oxygens (including phenoxy) is 2. The van der Waals surface area contributed by atoms with Crippen molar-refractivity contribution in [2.45, 2.75) is 113 Å². The first-order valence-corrected chi connectivity index (χ1v) is 19.7. The molecule has 1 aromatic carbocycles. The zero-order valence-electron chi connectivity index (χ0n) is 35.2. The van der Waals surface area contributed by atoms with Gasteiger partial charge in [-0.15, -0.1) is 0 Å². The molecule has 1 aliphatic rings. The molecule has 5 atom stereocenters. The van der Waals surface area contributed by atoms with Crippen LogP contribution >= 0.6 is 0 Å². The Labute approximate surface area is 336 Å². The van der Waals surface area contributed by atoms with E-state index < -0.39 is 76.9 Å². The van der Waals surface area contributed by atoms with Crippen molar-refractivity contribution in [2.24, 2.45) is 33.6 Å². The fourth-order valence-electron chi connectivity index (χ4n) is 7.44. The molecule has 0 aliphatic carbocycles. The minimum atomic E-state index is -1.85. The Morgan fingerprint density at radius 1 is 0.965 bits per heavy atom. The van der Waals surface area contributed by atoms with E-state index in [4.69, 9.17) is 29.0 Å². The number of rotatable bonds is 27. The lowest BCUT2D eigenvalue weighted by Gasteiger charge is -2.40. The number of carboxylic acids is 1. The number of anilines is 1. The van der Waals surface area contributed by atoms with Gasteiger partial charge in [0, 0.05) is 6.42 Å². The van der Waals surface area contributed by atoms with Crippen LogP contribution in [0.4, 0.5) is 5.69 Å². The molecule has 57 heavy (non-hydrogen) atoms. The first-order chi connectivity index (χ1) is 26.8. The zero-order valence-corrected chi connectivity index (χ0v) is 35.2. The summed E-state index contributed by atoms with van der Waals surface area (Å²) in [5, 5.41) is 20.1. The SMILES string of the molecule is C=C(C)COOCCN=COOCCC(=O)OC(C)(CC(CC(C)(CC(C)(C)CC)C(=O)OCCO)C(=O)O)C1C(=O)N(c2c(CC)cccc2CC)C(=O)C1C.